The largest absolute Gasteiger partial charge is 0.469 e. The quantitative estimate of drug-likeness (QED) is 0.640. The lowest BCUT2D eigenvalue weighted by atomic mass is 9.96. The van der Waals surface area contributed by atoms with Crippen molar-refractivity contribution in [2.45, 2.75) is 26.3 Å². The average Bonchev–Trinajstić information content (AvgIpc) is 2.77. The van der Waals surface area contributed by atoms with Gasteiger partial charge < -0.3 is 9.64 Å². The van der Waals surface area contributed by atoms with Crippen LogP contribution >= 0.6 is 0 Å². The lowest BCUT2D eigenvalue weighted by Crippen LogP contribution is -2.40. The van der Waals surface area contributed by atoms with E-state index in [1.807, 2.05) is 31.2 Å². The molecule has 8 heteroatoms. The lowest BCUT2D eigenvalue weighted by molar-refractivity contribution is -0.146. The van der Waals surface area contributed by atoms with Crippen molar-refractivity contribution in [1.82, 2.24) is 4.90 Å². The second kappa shape index (κ2) is 9.51. The van der Waals surface area contributed by atoms with E-state index in [4.69, 9.17) is 4.74 Å². The van der Waals surface area contributed by atoms with E-state index in [1.54, 1.807) is 29.2 Å². The highest BCUT2D eigenvalue weighted by Gasteiger charge is 2.28. The number of nitrogens with zero attached hydrogens (tertiary/aromatic N) is 2. The van der Waals surface area contributed by atoms with E-state index in [1.165, 1.54) is 17.7 Å². The third kappa shape index (κ3) is 5.44. The number of esters is 1. The zero-order valence-electron chi connectivity index (χ0n) is 18.1. The molecule has 166 valence electrons. The minimum Gasteiger partial charge on any atom is -0.469 e. The van der Waals surface area contributed by atoms with Crippen LogP contribution in [0.4, 0.5) is 5.69 Å². The van der Waals surface area contributed by atoms with Crippen LogP contribution in [-0.2, 0) is 26.1 Å². The highest BCUT2D eigenvalue weighted by atomic mass is 32.2. The molecule has 0 saturated carbocycles. The summed E-state index contributed by atoms with van der Waals surface area (Å²) < 4.78 is 31.0. The average molecular weight is 445 g/mol. The molecule has 0 spiro atoms. The summed E-state index contributed by atoms with van der Waals surface area (Å²) in [5.41, 5.74) is 2.93. The van der Waals surface area contributed by atoms with Gasteiger partial charge in [-0.2, -0.15) is 0 Å². The summed E-state index contributed by atoms with van der Waals surface area (Å²) in [6.07, 6.45) is 2.33. The van der Waals surface area contributed by atoms with Crippen LogP contribution in [0.25, 0.3) is 0 Å². The molecule has 1 fully saturated rings. The Balaban J connectivity index is 1.74. The molecule has 0 aliphatic carbocycles. The number of rotatable bonds is 6. The van der Waals surface area contributed by atoms with Gasteiger partial charge in [0.05, 0.1) is 31.5 Å². The zero-order chi connectivity index (χ0) is 22.6. The van der Waals surface area contributed by atoms with Crippen molar-refractivity contribution in [2.24, 2.45) is 5.92 Å². The van der Waals surface area contributed by atoms with E-state index >= 15 is 0 Å². The molecule has 31 heavy (non-hydrogen) atoms. The number of hydrogen-bond donors (Lipinski definition) is 0. The molecular weight excluding hydrogens is 416 g/mol. The van der Waals surface area contributed by atoms with Gasteiger partial charge in [-0.15, -0.1) is 0 Å². The number of sulfonamides is 1. The standard InChI is InChI=1S/C23H28N2O5S/c1-17-6-4-5-7-20(17)16-25(31(3,28)29)21-10-8-18(9-11-21)22(26)24-14-12-19(13-15-24)23(27)30-2/h4-11,19H,12-16H2,1-3H3. The molecule has 1 amide bonds. The summed E-state index contributed by atoms with van der Waals surface area (Å²) >= 11 is 0. The first-order valence-corrected chi connectivity index (χ1v) is 12.0. The minimum atomic E-state index is -3.51. The number of likely N-dealkylation sites (tertiary alicyclic amines) is 1. The molecule has 2 aromatic carbocycles. The number of piperidine rings is 1. The van der Waals surface area contributed by atoms with E-state index in [-0.39, 0.29) is 24.3 Å². The molecule has 0 N–H and O–H groups in total. The van der Waals surface area contributed by atoms with Gasteiger partial charge in [0.2, 0.25) is 10.0 Å². The zero-order valence-corrected chi connectivity index (χ0v) is 18.9. The van der Waals surface area contributed by atoms with Crippen LogP contribution in [0.3, 0.4) is 0 Å². The topological polar surface area (TPSA) is 84.0 Å². The fourth-order valence-electron chi connectivity index (χ4n) is 3.78. The number of anilines is 1. The van der Waals surface area contributed by atoms with Crippen LogP contribution in [-0.4, -0.2) is 51.6 Å². The number of carbonyl (C=O) groups is 2. The Hall–Kier alpha value is -2.87. The van der Waals surface area contributed by atoms with Crippen LogP contribution in [0.15, 0.2) is 48.5 Å². The first kappa shape index (κ1) is 22.8. The molecule has 0 aromatic heterocycles. The van der Waals surface area contributed by atoms with Gasteiger partial charge in [-0.05, 0) is 55.2 Å². The summed E-state index contributed by atoms with van der Waals surface area (Å²) in [6.45, 7) is 3.15. The van der Waals surface area contributed by atoms with Crippen molar-refractivity contribution >= 4 is 27.6 Å². The maximum Gasteiger partial charge on any atom is 0.308 e. The van der Waals surface area contributed by atoms with Gasteiger partial charge in [0.25, 0.3) is 5.91 Å². The summed E-state index contributed by atoms with van der Waals surface area (Å²) in [5, 5.41) is 0. The number of carbonyl (C=O) groups excluding carboxylic acids is 2. The number of amides is 1. The molecule has 0 radical (unpaired) electrons. The Labute approximate surface area is 183 Å². The maximum absolute atomic E-state index is 12.8. The molecule has 1 aliphatic heterocycles. The summed E-state index contributed by atoms with van der Waals surface area (Å²) in [5.74, 6) is -0.521. The van der Waals surface area contributed by atoms with Gasteiger partial charge in [-0.25, -0.2) is 8.42 Å². The molecule has 0 atom stereocenters. The third-order valence-electron chi connectivity index (χ3n) is 5.69. The highest BCUT2D eigenvalue weighted by Crippen LogP contribution is 2.24. The number of hydrogen-bond acceptors (Lipinski definition) is 5. The van der Waals surface area contributed by atoms with E-state index < -0.39 is 10.0 Å². The normalized spacial score (nSPS) is 14.9. The molecule has 3 rings (SSSR count). The van der Waals surface area contributed by atoms with Gasteiger partial charge in [0.15, 0.2) is 0 Å². The third-order valence-corrected chi connectivity index (χ3v) is 6.84. The van der Waals surface area contributed by atoms with E-state index in [0.717, 1.165) is 11.1 Å². The van der Waals surface area contributed by atoms with E-state index in [9.17, 15) is 18.0 Å². The Morgan fingerprint density at radius 1 is 1.06 bits per heavy atom. The molecule has 7 nitrogen and oxygen atoms in total. The Bertz CT molecular complexity index is 1040. The van der Waals surface area contributed by atoms with Gasteiger partial charge in [0, 0.05) is 18.7 Å². The smallest absolute Gasteiger partial charge is 0.308 e. The second-order valence-corrected chi connectivity index (χ2v) is 9.74. The number of aryl methyl sites for hydroxylation is 1. The van der Waals surface area contributed by atoms with Crippen molar-refractivity contribution in [2.75, 3.05) is 30.8 Å². The summed E-state index contributed by atoms with van der Waals surface area (Å²) in [7, 11) is -2.13. The van der Waals surface area contributed by atoms with Gasteiger partial charge in [0.1, 0.15) is 0 Å². The molecule has 1 heterocycles. The van der Waals surface area contributed by atoms with Crippen LogP contribution in [0.2, 0.25) is 0 Å². The Morgan fingerprint density at radius 3 is 2.23 bits per heavy atom. The fourth-order valence-corrected chi connectivity index (χ4v) is 4.66. The van der Waals surface area contributed by atoms with Crippen molar-refractivity contribution in [3.8, 4) is 0 Å². The van der Waals surface area contributed by atoms with Crippen molar-refractivity contribution < 1.29 is 22.7 Å². The number of benzene rings is 2. The first-order valence-electron chi connectivity index (χ1n) is 10.2. The predicted molar refractivity (Wildman–Crippen MR) is 119 cm³/mol. The van der Waals surface area contributed by atoms with Crippen molar-refractivity contribution in [3.63, 3.8) is 0 Å². The van der Waals surface area contributed by atoms with Crippen LogP contribution in [0.5, 0.6) is 0 Å². The highest BCUT2D eigenvalue weighted by molar-refractivity contribution is 7.92. The van der Waals surface area contributed by atoms with Crippen molar-refractivity contribution in [1.29, 1.82) is 0 Å². The van der Waals surface area contributed by atoms with Crippen LogP contribution in [0, 0.1) is 12.8 Å². The summed E-state index contributed by atoms with van der Waals surface area (Å²) in [4.78, 5) is 26.2. The van der Waals surface area contributed by atoms with Crippen LogP contribution < -0.4 is 4.31 Å². The molecule has 2 aromatic rings. The monoisotopic (exact) mass is 444 g/mol. The molecule has 1 saturated heterocycles. The van der Waals surface area contributed by atoms with Gasteiger partial charge in [-0.1, -0.05) is 24.3 Å². The van der Waals surface area contributed by atoms with Crippen molar-refractivity contribution in [3.05, 3.63) is 65.2 Å². The van der Waals surface area contributed by atoms with Gasteiger partial charge >= 0.3 is 5.97 Å². The van der Waals surface area contributed by atoms with Gasteiger partial charge in [-0.3, -0.25) is 13.9 Å². The molecule has 0 unspecified atom stereocenters. The lowest BCUT2D eigenvalue weighted by Gasteiger charge is -2.31. The number of ether oxygens (including phenoxy) is 1. The molecule has 0 bridgehead atoms. The predicted octanol–water partition coefficient (Wildman–Crippen LogP) is 2.99. The first-order chi connectivity index (χ1) is 14.7. The molecular formula is C23H28N2O5S. The Morgan fingerprint density at radius 2 is 1.68 bits per heavy atom. The Kier molecular flexibility index (Phi) is 7.00. The maximum atomic E-state index is 12.8. The van der Waals surface area contributed by atoms with E-state index in [2.05, 4.69) is 0 Å². The number of methoxy groups -OCH3 is 1. The summed E-state index contributed by atoms with van der Waals surface area (Å²) in [6, 6.07) is 14.3. The second-order valence-electron chi connectivity index (χ2n) is 7.83. The molecule has 1 aliphatic rings. The van der Waals surface area contributed by atoms with E-state index in [0.29, 0.717) is 37.2 Å². The minimum absolute atomic E-state index is 0.125. The SMILES string of the molecule is COC(=O)C1CCN(C(=O)c2ccc(N(Cc3ccccc3C)S(C)(=O)=O)cc2)CC1. The van der Waals surface area contributed by atoms with Crippen LogP contribution in [0.1, 0.15) is 34.3 Å². The fraction of sp³-hybridized carbons (Fsp3) is 0.391.